The highest BCUT2D eigenvalue weighted by Crippen LogP contribution is 2.21. The normalized spacial score (nSPS) is 25.3. The number of H-pyrrole nitrogens is 1. The van der Waals surface area contributed by atoms with Crippen molar-refractivity contribution in [1.29, 1.82) is 0 Å². The smallest absolute Gasteiger partial charge is 0.226 e. The molecule has 1 aromatic rings. The second kappa shape index (κ2) is 5.09. The van der Waals surface area contributed by atoms with E-state index in [9.17, 15) is 9.18 Å². The summed E-state index contributed by atoms with van der Waals surface area (Å²) < 4.78 is 13.5. The maximum absolute atomic E-state index is 13.5. The Morgan fingerprint density at radius 1 is 1.56 bits per heavy atom. The number of aromatic amines is 1. The van der Waals surface area contributed by atoms with E-state index < -0.39 is 6.17 Å². The second-order valence-electron chi connectivity index (χ2n) is 4.23. The molecule has 1 aromatic heterocycles. The van der Waals surface area contributed by atoms with Crippen molar-refractivity contribution in [3.63, 3.8) is 0 Å². The van der Waals surface area contributed by atoms with Gasteiger partial charge in [0, 0.05) is 11.9 Å². The number of nitrogens with zero attached hydrogens (tertiary/aromatic N) is 1. The van der Waals surface area contributed by atoms with Crippen LogP contribution in [0.5, 0.6) is 0 Å². The Morgan fingerprint density at radius 2 is 2.38 bits per heavy atom. The van der Waals surface area contributed by atoms with E-state index in [1.54, 1.807) is 12.3 Å². The Morgan fingerprint density at radius 3 is 3.06 bits per heavy atom. The molecule has 1 fully saturated rings. The van der Waals surface area contributed by atoms with E-state index in [4.69, 9.17) is 0 Å². The van der Waals surface area contributed by atoms with Crippen molar-refractivity contribution in [3.05, 3.63) is 18.0 Å². The SMILES string of the molecule is O=C(Cc1ccn[nH]1)N[C@@H]1CCCC[C@H]1F. The van der Waals surface area contributed by atoms with Crippen LogP contribution in [0.15, 0.2) is 12.3 Å². The molecule has 2 atom stereocenters. The number of hydrogen-bond donors (Lipinski definition) is 2. The van der Waals surface area contributed by atoms with Crippen molar-refractivity contribution >= 4 is 5.91 Å². The van der Waals surface area contributed by atoms with Gasteiger partial charge in [-0.3, -0.25) is 9.89 Å². The van der Waals surface area contributed by atoms with Crippen molar-refractivity contribution in [2.75, 3.05) is 0 Å². The number of amides is 1. The number of alkyl halides is 1. The van der Waals surface area contributed by atoms with Crippen LogP contribution in [0.25, 0.3) is 0 Å². The Hall–Kier alpha value is -1.39. The van der Waals surface area contributed by atoms with E-state index in [2.05, 4.69) is 15.5 Å². The number of rotatable bonds is 3. The monoisotopic (exact) mass is 225 g/mol. The summed E-state index contributed by atoms with van der Waals surface area (Å²) in [6, 6.07) is 1.44. The van der Waals surface area contributed by atoms with Gasteiger partial charge in [-0.2, -0.15) is 5.10 Å². The summed E-state index contributed by atoms with van der Waals surface area (Å²) in [5.74, 6) is -0.140. The zero-order valence-corrected chi connectivity index (χ0v) is 9.08. The quantitative estimate of drug-likeness (QED) is 0.815. The third-order valence-corrected chi connectivity index (χ3v) is 2.94. The first kappa shape index (κ1) is 11.1. The number of nitrogens with one attached hydrogen (secondary N) is 2. The van der Waals surface area contributed by atoms with E-state index in [-0.39, 0.29) is 18.4 Å². The average molecular weight is 225 g/mol. The molecule has 0 aromatic carbocycles. The molecule has 0 spiro atoms. The zero-order valence-electron chi connectivity index (χ0n) is 9.08. The molecule has 88 valence electrons. The van der Waals surface area contributed by atoms with Crippen molar-refractivity contribution < 1.29 is 9.18 Å². The van der Waals surface area contributed by atoms with Crippen LogP contribution >= 0.6 is 0 Å². The van der Waals surface area contributed by atoms with Gasteiger partial charge in [-0.1, -0.05) is 12.8 Å². The van der Waals surface area contributed by atoms with E-state index in [1.165, 1.54) is 0 Å². The molecule has 1 aliphatic carbocycles. The van der Waals surface area contributed by atoms with Gasteiger partial charge in [0.1, 0.15) is 6.17 Å². The van der Waals surface area contributed by atoms with Gasteiger partial charge in [-0.05, 0) is 18.9 Å². The van der Waals surface area contributed by atoms with Gasteiger partial charge in [0.25, 0.3) is 0 Å². The molecule has 1 aliphatic rings. The topological polar surface area (TPSA) is 57.8 Å². The fourth-order valence-electron chi connectivity index (χ4n) is 2.06. The van der Waals surface area contributed by atoms with Crippen LogP contribution in [0.3, 0.4) is 0 Å². The summed E-state index contributed by atoms with van der Waals surface area (Å²) in [7, 11) is 0. The lowest BCUT2D eigenvalue weighted by Crippen LogP contribution is -2.43. The maximum Gasteiger partial charge on any atom is 0.226 e. The van der Waals surface area contributed by atoms with Crippen LogP contribution in [0, 0.1) is 0 Å². The highest BCUT2D eigenvalue weighted by molar-refractivity contribution is 5.78. The van der Waals surface area contributed by atoms with Gasteiger partial charge in [-0.25, -0.2) is 4.39 Å². The Labute approximate surface area is 93.6 Å². The Kier molecular flexibility index (Phi) is 3.54. The average Bonchev–Trinajstić information content (AvgIpc) is 2.74. The molecule has 1 amide bonds. The van der Waals surface area contributed by atoms with Crippen LogP contribution in [-0.4, -0.2) is 28.3 Å². The lowest BCUT2D eigenvalue weighted by atomic mass is 9.93. The number of carbonyl (C=O) groups is 1. The summed E-state index contributed by atoms with van der Waals surface area (Å²) >= 11 is 0. The summed E-state index contributed by atoms with van der Waals surface area (Å²) in [5, 5.41) is 9.22. The molecular formula is C11H16FN3O. The maximum atomic E-state index is 13.5. The van der Waals surface area contributed by atoms with Gasteiger partial charge in [0.2, 0.25) is 5.91 Å². The van der Waals surface area contributed by atoms with Crippen molar-refractivity contribution in [2.24, 2.45) is 0 Å². The third kappa shape index (κ3) is 2.81. The van der Waals surface area contributed by atoms with Gasteiger partial charge < -0.3 is 5.32 Å². The van der Waals surface area contributed by atoms with Crippen LogP contribution in [0.1, 0.15) is 31.4 Å². The van der Waals surface area contributed by atoms with Crippen molar-refractivity contribution in [1.82, 2.24) is 15.5 Å². The fourth-order valence-corrected chi connectivity index (χ4v) is 2.06. The summed E-state index contributed by atoms with van der Waals surface area (Å²) in [5.41, 5.74) is 0.753. The number of hydrogen-bond acceptors (Lipinski definition) is 2. The minimum absolute atomic E-state index is 0.140. The van der Waals surface area contributed by atoms with E-state index in [0.29, 0.717) is 6.42 Å². The first-order valence-electron chi connectivity index (χ1n) is 5.67. The van der Waals surface area contributed by atoms with E-state index in [1.807, 2.05) is 0 Å². The Balaban J connectivity index is 1.82. The Bertz CT molecular complexity index is 339. The molecular weight excluding hydrogens is 209 g/mol. The van der Waals surface area contributed by atoms with Gasteiger partial charge in [0.15, 0.2) is 0 Å². The third-order valence-electron chi connectivity index (χ3n) is 2.94. The van der Waals surface area contributed by atoms with Gasteiger partial charge in [0.05, 0.1) is 12.5 Å². The zero-order chi connectivity index (χ0) is 11.4. The molecule has 0 bridgehead atoms. The van der Waals surface area contributed by atoms with Crippen LogP contribution in [-0.2, 0) is 11.2 Å². The van der Waals surface area contributed by atoms with Gasteiger partial charge in [-0.15, -0.1) is 0 Å². The molecule has 2 rings (SSSR count). The molecule has 1 saturated carbocycles. The highest BCUT2D eigenvalue weighted by atomic mass is 19.1. The summed E-state index contributed by atoms with van der Waals surface area (Å²) in [4.78, 5) is 11.6. The molecule has 0 unspecified atom stereocenters. The van der Waals surface area contributed by atoms with Crippen LogP contribution < -0.4 is 5.32 Å². The molecule has 2 N–H and O–H groups in total. The van der Waals surface area contributed by atoms with Crippen molar-refractivity contribution in [3.8, 4) is 0 Å². The lowest BCUT2D eigenvalue weighted by molar-refractivity contribution is -0.121. The van der Waals surface area contributed by atoms with Crippen molar-refractivity contribution in [2.45, 2.75) is 44.3 Å². The largest absolute Gasteiger partial charge is 0.350 e. The second-order valence-corrected chi connectivity index (χ2v) is 4.23. The molecule has 16 heavy (non-hydrogen) atoms. The molecule has 4 nitrogen and oxygen atoms in total. The number of aromatic nitrogens is 2. The van der Waals surface area contributed by atoms with Crippen LogP contribution in [0.4, 0.5) is 4.39 Å². The predicted molar refractivity (Wildman–Crippen MR) is 57.6 cm³/mol. The molecule has 1 heterocycles. The van der Waals surface area contributed by atoms with E-state index >= 15 is 0 Å². The molecule has 0 radical (unpaired) electrons. The standard InChI is InChI=1S/C11H16FN3O/c12-9-3-1-2-4-10(9)14-11(16)7-8-5-6-13-15-8/h5-6,9-10H,1-4,7H2,(H,13,15)(H,14,16)/t9-,10-/m1/s1. The molecule has 0 saturated heterocycles. The van der Waals surface area contributed by atoms with E-state index in [0.717, 1.165) is 25.0 Å². The number of carbonyl (C=O) groups excluding carboxylic acids is 1. The fraction of sp³-hybridized carbons (Fsp3) is 0.636. The summed E-state index contributed by atoms with van der Waals surface area (Å²) in [6.45, 7) is 0. The van der Waals surface area contributed by atoms with Gasteiger partial charge >= 0.3 is 0 Å². The molecule has 5 heteroatoms. The van der Waals surface area contributed by atoms with Crippen LogP contribution in [0.2, 0.25) is 0 Å². The minimum atomic E-state index is -0.889. The number of halogens is 1. The first-order chi connectivity index (χ1) is 7.75. The minimum Gasteiger partial charge on any atom is -0.350 e. The predicted octanol–water partition coefficient (Wildman–Crippen LogP) is 1.35. The summed E-state index contributed by atoms with van der Waals surface area (Å²) in [6.07, 6.45) is 4.18. The molecule has 0 aliphatic heterocycles. The first-order valence-corrected chi connectivity index (χ1v) is 5.67. The highest BCUT2D eigenvalue weighted by Gasteiger charge is 2.25. The lowest BCUT2D eigenvalue weighted by Gasteiger charge is -2.26.